The van der Waals surface area contributed by atoms with Crippen molar-refractivity contribution in [2.45, 2.75) is 58.3 Å². The molecule has 1 saturated heterocycles. The Morgan fingerprint density at radius 3 is 2.33 bits per heavy atom. The standard InChI is InChI=1S/C21H31NO4S/c1-21(2,3)18-8-6-17(7-9-18)19(23)10-11-20(24)22-13-4-5-16-12-14-27(25,26)15-16/h6-9,16H,4-5,10-15H2,1-3H3,(H,22,24). The molecule has 5 nitrogen and oxygen atoms in total. The van der Waals surface area contributed by atoms with Crippen molar-refractivity contribution in [1.29, 1.82) is 0 Å². The van der Waals surface area contributed by atoms with E-state index in [1.165, 1.54) is 5.56 Å². The van der Waals surface area contributed by atoms with Crippen molar-refractivity contribution in [1.82, 2.24) is 5.32 Å². The first kappa shape index (κ1) is 21.6. The Balaban J connectivity index is 1.65. The minimum Gasteiger partial charge on any atom is -0.356 e. The third-order valence-corrected chi connectivity index (χ3v) is 6.93. The predicted molar refractivity (Wildman–Crippen MR) is 108 cm³/mol. The van der Waals surface area contributed by atoms with E-state index in [0.717, 1.165) is 19.3 Å². The molecule has 1 aromatic carbocycles. The summed E-state index contributed by atoms with van der Waals surface area (Å²) in [7, 11) is -2.83. The summed E-state index contributed by atoms with van der Waals surface area (Å²) < 4.78 is 22.8. The Bertz CT molecular complexity index is 760. The largest absolute Gasteiger partial charge is 0.356 e. The van der Waals surface area contributed by atoms with Crippen molar-refractivity contribution < 1.29 is 18.0 Å². The third kappa shape index (κ3) is 7.09. The summed E-state index contributed by atoms with van der Waals surface area (Å²) >= 11 is 0. The van der Waals surface area contributed by atoms with Crippen molar-refractivity contribution in [3.8, 4) is 0 Å². The van der Waals surface area contributed by atoms with E-state index < -0.39 is 9.84 Å². The van der Waals surface area contributed by atoms with Crippen LogP contribution in [0.15, 0.2) is 24.3 Å². The first-order chi connectivity index (χ1) is 12.6. The molecular formula is C21H31NO4S. The minimum absolute atomic E-state index is 0.0261. The minimum atomic E-state index is -2.83. The molecule has 1 amide bonds. The van der Waals surface area contributed by atoms with E-state index in [1.54, 1.807) is 0 Å². The number of carbonyl (C=O) groups excluding carboxylic acids is 2. The number of sulfone groups is 1. The summed E-state index contributed by atoms with van der Waals surface area (Å²) in [6, 6.07) is 7.60. The molecule has 150 valence electrons. The topological polar surface area (TPSA) is 80.3 Å². The van der Waals surface area contributed by atoms with E-state index in [2.05, 4.69) is 26.1 Å². The zero-order valence-electron chi connectivity index (χ0n) is 16.6. The molecule has 0 bridgehead atoms. The van der Waals surface area contributed by atoms with Gasteiger partial charge in [-0.1, -0.05) is 45.0 Å². The Morgan fingerprint density at radius 1 is 1.11 bits per heavy atom. The first-order valence-corrected chi connectivity index (χ1v) is 11.5. The number of hydrogen-bond donors (Lipinski definition) is 1. The summed E-state index contributed by atoms with van der Waals surface area (Å²) in [5.41, 5.74) is 1.86. The molecule has 1 atom stereocenters. The molecule has 6 heteroatoms. The van der Waals surface area contributed by atoms with E-state index in [0.29, 0.717) is 17.9 Å². The molecule has 1 aromatic rings. The summed E-state index contributed by atoms with van der Waals surface area (Å²) in [6.07, 6.45) is 2.70. The number of Topliss-reactive ketones (excluding diaryl/α,β-unsaturated/α-hetero) is 1. The summed E-state index contributed by atoms with van der Waals surface area (Å²) in [5, 5.41) is 2.82. The highest BCUT2D eigenvalue weighted by Gasteiger charge is 2.27. The molecule has 1 aliphatic rings. The second kappa shape index (κ2) is 9.00. The average molecular weight is 394 g/mol. The lowest BCUT2D eigenvalue weighted by molar-refractivity contribution is -0.121. The van der Waals surface area contributed by atoms with Crippen LogP contribution in [-0.2, 0) is 20.0 Å². The first-order valence-electron chi connectivity index (χ1n) is 9.68. The van der Waals surface area contributed by atoms with Gasteiger partial charge in [0, 0.05) is 24.9 Å². The highest BCUT2D eigenvalue weighted by atomic mass is 32.2. The number of benzene rings is 1. The Hall–Kier alpha value is -1.69. The lowest BCUT2D eigenvalue weighted by Crippen LogP contribution is -2.25. The van der Waals surface area contributed by atoms with Gasteiger partial charge in [-0.2, -0.15) is 0 Å². The van der Waals surface area contributed by atoms with Crippen LogP contribution in [0.4, 0.5) is 0 Å². The van der Waals surface area contributed by atoms with Gasteiger partial charge in [-0.3, -0.25) is 9.59 Å². The number of ketones is 1. The second-order valence-electron chi connectivity index (χ2n) is 8.51. The molecule has 0 radical (unpaired) electrons. The van der Waals surface area contributed by atoms with Gasteiger partial charge in [0.15, 0.2) is 15.6 Å². The molecule has 1 heterocycles. The monoisotopic (exact) mass is 393 g/mol. The molecular weight excluding hydrogens is 362 g/mol. The van der Waals surface area contributed by atoms with Crippen LogP contribution in [0.5, 0.6) is 0 Å². The van der Waals surface area contributed by atoms with Gasteiger partial charge in [0.1, 0.15) is 0 Å². The molecule has 1 aliphatic heterocycles. The Morgan fingerprint density at radius 2 is 1.78 bits per heavy atom. The van der Waals surface area contributed by atoms with E-state index in [4.69, 9.17) is 0 Å². The van der Waals surface area contributed by atoms with E-state index in [9.17, 15) is 18.0 Å². The van der Waals surface area contributed by atoms with Gasteiger partial charge in [-0.05, 0) is 36.2 Å². The van der Waals surface area contributed by atoms with Gasteiger partial charge in [0.05, 0.1) is 11.5 Å². The molecule has 1 N–H and O–H groups in total. The van der Waals surface area contributed by atoms with Crippen LogP contribution in [0.3, 0.4) is 0 Å². The lowest BCUT2D eigenvalue weighted by atomic mass is 9.86. The fraction of sp³-hybridized carbons (Fsp3) is 0.619. The van der Waals surface area contributed by atoms with Crippen LogP contribution in [-0.4, -0.2) is 38.2 Å². The zero-order valence-corrected chi connectivity index (χ0v) is 17.4. The molecule has 0 saturated carbocycles. The smallest absolute Gasteiger partial charge is 0.220 e. The zero-order chi connectivity index (χ0) is 20.1. The van der Waals surface area contributed by atoms with Gasteiger partial charge in [0.25, 0.3) is 0 Å². The number of hydrogen-bond acceptors (Lipinski definition) is 4. The van der Waals surface area contributed by atoms with E-state index in [-0.39, 0.29) is 41.6 Å². The molecule has 0 aliphatic carbocycles. The number of carbonyl (C=O) groups is 2. The van der Waals surface area contributed by atoms with Gasteiger partial charge in [-0.25, -0.2) is 8.42 Å². The summed E-state index contributed by atoms with van der Waals surface area (Å²) in [6.45, 7) is 6.91. The Kier molecular flexibility index (Phi) is 7.20. The van der Waals surface area contributed by atoms with Crippen LogP contribution < -0.4 is 5.32 Å². The molecule has 2 rings (SSSR count). The van der Waals surface area contributed by atoms with Crippen LogP contribution in [0.1, 0.15) is 68.8 Å². The normalized spacial score (nSPS) is 19.0. The molecule has 0 aromatic heterocycles. The number of rotatable bonds is 8. The molecule has 0 spiro atoms. The fourth-order valence-electron chi connectivity index (χ4n) is 3.33. The van der Waals surface area contributed by atoms with Crippen LogP contribution >= 0.6 is 0 Å². The lowest BCUT2D eigenvalue weighted by Gasteiger charge is -2.18. The number of amides is 1. The van der Waals surface area contributed by atoms with Crippen molar-refractivity contribution in [3.05, 3.63) is 35.4 Å². The summed E-state index contributed by atoms with van der Waals surface area (Å²) in [4.78, 5) is 24.1. The van der Waals surface area contributed by atoms with Crippen LogP contribution in [0.25, 0.3) is 0 Å². The quantitative estimate of drug-likeness (QED) is 0.543. The van der Waals surface area contributed by atoms with Crippen molar-refractivity contribution in [3.63, 3.8) is 0 Å². The van der Waals surface area contributed by atoms with Gasteiger partial charge >= 0.3 is 0 Å². The SMILES string of the molecule is CC(C)(C)c1ccc(C(=O)CCC(=O)NCCCC2CCS(=O)(=O)C2)cc1. The predicted octanol–water partition coefficient (Wildman–Crippen LogP) is 3.28. The van der Waals surface area contributed by atoms with Gasteiger partial charge in [0.2, 0.25) is 5.91 Å². The second-order valence-corrected chi connectivity index (χ2v) is 10.7. The third-order valence-electron chi connectivity index (χ3n) is 5.09. The fourth-order valence-corrected chi connectivity index (χ4v) is 5.24. The van der Waals surface area contributed by atoms with Crippen LogP contribution in [0.2, 0.25) is 0 Å². The molecule has 1 unspecified atom stereocenters. The number of nitrogens with one attached hydrogen (secondary N) is 1. The van der Waals surface area contributed by atoms with Crippen molar-refractivity contribution >= 4 is 21.5 Å². The maximum atomic E-state index is 12.2. The average Bonchev–Trinajstić information content (AvgIpc) is 2.95. The summed E-state index contributed by atoms with van der Waals surface area (Å²) in [5.74, 6) is 0.645. The Labute approximate surface area is 162 Å². The maximum Gasteiger partial charge on any atom is 0.220 e. The van der Waals surface area contributed by atoms with Gasteiger partial charge in [-0.15, -0.1) is 0 Å². The maximum absolute atomic E-state index is 12.2. The van der Waals surface area contributed by atoms with Crippen LogP contribution in [0, 0.1) is 5.92 Å². The van der Waals surface area contributed by atoms with Crippen molar-refractivity contribution in [2.24, 2.45) is 5.92 Å². The highest BCUT2D eigenvalue weighted by Crippen LogP contribution is 2.23. The molecule has 1 fully saturated rings. The van der Waals surface area contributed by atoms with E-state index >= 15 is 0 Å². The van der Waals surface area contributed by atoms with E-state index in [1.807, 2.05) is 24.3 Å². The van der Waals surface area contributed by atoms with Crippen molar-refractivity contribution in [2.75, 3.05) is 18.1 Å². The molecule has 27 heavy (non-hydrogen) atoms. The highest BCUT2D eigenvalue weighted by molar-refractivity contribution is 7.91. The van der Waals surface area contributed by atoms with Gasteiger partial charge < -0.3 is 5.32 Å².